The van der Waals surface area contributed by atoms with Gasteiger partial charge in [0.2, 0.25) is 0 Å². The lowest BCUT2D eigenvalue weighted by Crippen LogP contribution is -1.97. The quantitative estimate of drug-likeness (QED) is 0.910. The van der Waals surface area contributed by atoms with Gasteiger partial charge in [0.1, 0.15) is 6.26 Å². The van der Waals surface area contributed by atoms with Crippen molar-refractivity contribution in [3.63, 3.8) is 0 Å². The summed E-state index contributed by atoms with van der Waals surface area (Å²) in [5, 5.41) is 11.6. The third kappa shape index (κ3) is 2.65. The smallest absolute Gasteiger partial charge is 0.357 e. The lowest BCUT2D eigenvalue weighted by Gasteiger charge is -2.03. The molecule has 5 nitrogen and oxygen atoms in total. The summed E-state index contributed by atoms with van der Waals surface area (Å²) in [5.41, 5.74) is 1.74. The molecule has 0 fully saturated rings. The Morgan fingerprint density at radius 2 is 2.29 bits per heavy atom. The lowest BCUT2D eigenvalue weighted by atomic mass is 10.2. The molecular weight excluding hydrogens is 288 g/mol. The molecule has 0 radical (unpaired) electrons. The number of carboxylic acid groups (broad SMARTS) is 1. The van der Waals surface area contributed by atoms with E-state index in [4.69, 9.17) is 9.52 Å². The number of hydrogen-bond donors (Lipinski definition) is 2. The molecule has 2 N–H and O–H groups in total. The maximum Gasteiger partial charge on any atom is 0.357 e. The maximum atomic E-state index is 10.6. The number of aromatic carboxylic acids is 1. The van der Waals surface area contributed by atoms with Crippen LogP contribution in [0, 0.1) is 6.92 Å². The van der Waals surface area contributed by atoms with Gasteiger partial charge in [-0.15, -0.1) is 0 Å². The van der Waals surface area contributed by atoms with Crippen molar-refractivity contribution in [2.75, 3.05) is 5.32 Å². The van der Waals surface area contributed by atoms with Crippen molar-refractivity contribution in [1.29, 1.82) is 0 Å². The Kier molecular flexibility index (Phi) is 3.14. The predicted octanol–water partition coefficient (Wildman–Crippen LogP) is 3.19. The third-order valence-corrected chi connectivity index (χ3v) is 3.00. The molecule has 0 unspecified atom stereocenters. The average Bonchev–Trinajstić information content (AvgIpc) is 2.72. The molecule has 0 aliphatic heterocycles. The summed E-state index contributed by atoms with van der Waals surface area (Å²) in [6.45, 7) is 1.97. The molecule has 6 heteroatoms. The van der Waals surface area contributed by atoms with Crippen molar-refractivity contribution in [3.05, 3.63) is 40.2 Å². The number of oxazole rings is 1. The van der Waals surface area contributed by atoms with Crippen molar-refractivity contribution < 1.29 is 14.3 Å². The minimum absolute atomic E-state index is 0.126. The highest BCUT2D eigenvalue weighted by atomic mass is 79.9. The van der Waals surface area contributed by atoms with Gasteiger partial charge in [-0.3, -0.25) is 0 Å². The van der Waals surface area contributed by atoms with E-state index in [9.17, 15) is 4.79 Å². The van der Waals surface area contributed by atoms with E-state index in [1.807, 2.05) is 25.1 Å². The largest absolute Gasteiger partial charge is 0.476 e. The molecule has 0 spiro atoms. The molecule has 17 heavy (non-hydrogen) atoms. The van der Waals surface area contributed by atoms with Gasteiger partial charge in [0.25, 0.3) is 6.01 Å². The minimum Gasteiger partial charge on any atom is -0.476 e. The zero-order chi connectivity index (χ0) is 12.4. The number of nitrogens with one attached hydrogen (secondary N) is 1. The number of nitrogens with zero attached hydrogens (tertiary/aromatic N) is 1. The number of halogens is 1. The first-order valence-electron chi connectivity index (χ1n) is 4.78. The first-order chi connectivity index (χ1) is 8.06. The molecule has 0 saturated carbocycles. The zero-order valence-corrected chi connectivity index (χ0v) is 10.5. The highest BCUT2D eigenvalue weighted by molar-refractivity contribution is 9.10. The van der Waals surface area contributed by atoms with Crippen LogP contribution in [-0.2, 0) is 0 Å². The van der Waals surface area contributed by atoms with E-state index in [0.29, 0.717) is 0 Å². The maximum absolute atomic E-state index is 10.6. The zero-order valence-electron chi connectivity index (χ0n) is 8.90. The topological polar surface area (TPSA) is 75.4 Å². The van der Waals surface area contributed by atoms with Crippen LogP contribution < -0.4 is 5.32 Å². The van der Waals surface area contributed by atoms with Crippen LogP contribution in [0.25, 0.3) is 0 Å². The van der Waals surface area contributed by atoms with Crippen molar-refractivity contribution in [1.82, 2.24) is 4.98 Å². The fraction of sp³-hybridized carbons (Fsp3) is 0.0909. The number of rotatable bonds is 3. The number of carbonyl (C=O) groups is 1. The van der Waals surface area contributed by atoms with E-state index in [-0.39, 0.29) is 11.7 Å². The molecule has 2 aromatic rings. The molecule has 1 aromatic heterocycles. The first kappa shape index (κ1) is 11.7. The Bertz CT molecular complexity index is 566. The van der Waals surface area contributed by atoms with E-state index in [1.165, 1.54) is 0 Å². The van der Waals surface area contributed by atoms with Crippen molar-refractivity contribution in [2.24, 2.45) is 0 Å². The van der Waals surface area contributed by atoms with Gasteiger partial charge < -0.3 is 14.8 Å². The summed E-state index contributed by atoms with van der Waals surface area (Å²) >= 11 is 3.40. The Balaban J connectivity index is 2.19. The van der Waals surface area contributed by atoms with Gasteiger partial charge in [-0.05, 0) is 24.6 Å². The third-order valence-electron chi connectivity index (χ3n) is 2.15. The molecule has 0 saturated heterocycles. The summed E-state index contributed by atoms with van der Waals surface area (Å²) in [7, 11) is 0. The van der Waals surface area contributed by atoms with E-state index in [2.05, 4.69) is 26.2 Å². The summed E-state index contributed by atoms with van der Waals surface area (Å²) in [4.78, 5) is 14.4. The lowest BCUT2D eigenvalue weighted by molar-refractivity contribution is 0.0690. The number of anilines is 2. The van der Waals surface area contributed by atoms with E-state index < -0.39 is 5.97 Å². The van der Waals surface area contributed by atoms with Crippen LogP contribution in [0.3, 0.4) is 0 Å². The van der Waals surface area contributed by atoms with Gasteiger partial charge in [-0.25, -0.2) is 4.79 Å². The van der Waals surface area contributed by atoms with Crippen molar-refractivity contribution >= 4 is 33.6 Å². The van der Waals surface area contributed by atoms with Gasteiger partial charge in [0.15, 0.2) is 5.69 Å². The van der Waals surface area contributed by atoms with Crippen LogP contribution in [-0.4, -0.2) is 16.1 Å². The SMILES string of the molecule is Cc1ccc(Nc2nc(C(=O)O)co2)cc1Br. The van der Waals surface area contributed by atoms with Gasteiger partial charge in [-0.1, -0.05) is 22.0 Å². The Labute approximate surface area is 106 Å². The van der Waals surface area contributed by atoms with Gasteiger partial charge in [-0.2, -0.15) is 4.98 Å². The molecule has 1 heterocycles. The summed E-state index contributed by atoms with van der Waals surface area (Å²) in [5.74, 6) is -1.12. The van der Waals surface area contributed by atoms with Crippen LogP contribution in [0.4, 0.5) is 11.7 Å². The minimum atomic E-state index is -1.12. The fourth-order valence-corrected chi connectivity index (χ4v) is 1.60. The van der Waals surface area contributed by atoms with E-state index in [0.717, 1.165) is 22.0 Å². The standard InChI is InChI=1S/C11H9BrN2O3/c1-6-2-3-7(4-8(6)12)13-11-14-9(5-17-11)10(15)16/h2-5H,1H3,(H,13,14)(H,15,16). The molecule has 2 rings (SSSR count). The molecule has 88 valence electrons. The van der Waals surface area contributed by atoms with Crippen molar-refractivity contribution in [3.8, 4) is 0 Å². The molecule has 1 aromatic carbocycles. The summed E-state index contributed by atoms with van der Waals surface area (Å²) < 4.78 is 5.93. The highest BCUT2D eigenvalue weighted by Gasteiger charge is 2.10. The Morgan fingerprint density at radius 1 is 1.53 bits per heavy atom. The van der Waals surface area contributed by atoms with Gasteiger partial charge in [0.05, 0.1) is 0 Å². The second kappa shape index (κ2) is 4.58. The molecule has 0 bridgehead atoms. The Morgan fingerprint density at radius 3 is 2.88 bits per heavy atom. The van der Waals surface area contributed by atoms with E-state index >= 15 is 0 Å². The number of benzene rings is 1. The predicted molar refractivity (Wildman–Crippen MR) is 65.6 cm³/mol. The summed E-state index contributed by atoms with van der Waals surface area (Å²) in [6, 6.07) is 5.79. The van der Waals surface area contributed by atoms with Crippen LogP contribution >= 0.6 is 15.9 Å². The van der Waals surface area contributed by atoms with Crippen LogP contribution in [0.2, 0.25) is 0 Å². The van der Waals surface area contributed by atoms with Gasteiger partial charge in [0, 0.05) is 10.2 Å². The normalized spacial score (nSPS) is 10.2. The van der Waals surface area contributed by atoms with Crippen LogP contribution in [0.15, 0.2) is 33.4 Å². The first-order valence-corrected chi connectivity index (χ1v) is 5.57. The Hall–Kier alpha value is -1.82. The number of aromatic nitrogens is 1. The molecule has 0 atom stereocenters. The highest BCUT2D eigenvalue weighted by Crippen LogP contribution is 2.23. The number of hydrogen-bond acceptors (Lipinski definition) is 4. The number of aryl methyl sites for hydroxylation is 1. The second-order valence-corrected chi connectivity index (χ2v) is 4.29. The van der Waals surface area contributed by atoms with Crippen molar-refractivity contribution in [2.45, 2.75) is 6.92 Å². The molecule has 0 amide bonds. The number of carboxylic acids is 1. The van der Waals surface area contributed by atoms with Crippen LogP contribution in [0.1, 0.15) is 16.1 Å². The second-order valence-electron chi connectivity index (χ2n) is 3.43. The van der Waals surface area contributed by atoms with Crippen LogP contribution in [0.5, 0.6) is 0 Å². The summed E-state index contributed by atoms with van der Waals surface area (Å²) in [6.07, 6.45) is 1.09. The van der Waals surface area contributed by atoms with E-state index in [1.54, 1.807) is 0 Å². The molecule has 0 aliphatic rings. The molecular formula is C11H9BrN2O3. The average molecular weight is 297 g/mol. The molecule has 0 aliphatic carbocycles. The monoisotopic (exact) mass is 296 g/mol. The van der Waals surface area contributed by atoms with Gasteiger partial charge >= 0.3 is 5.97 Å². The fourth-order valence-electron chi connectivity index (χ4n) is 1.22.